The third-order valence-electron chi connectivity index (χ3n) is 2.33. The van der Waals surface area contributed by atoms with Gasteiger partial charge in [0.2, 0.25) is 10.0 Å². The molecule has 18 heavy (non-hydrogen) atoms. The van der Waals surface area contributed by atoms with Crippen molar-refractivity contribution in [1.82, 2.24) is 4.31 Å². The Hall–Kier alpha value is -0.350. The van der Waals surface area contributed by atoms with Crippen LogP contribution in [0.4, 0.5) is 0 Å². The Balaban J connectivity index is 4.37. The smallest absolute Gasteiger partial charge is 0.212 e. The van der Waals surface area contributed by atoms with E-state index in [0.29, 0.717) is 13.0 Å². The molecule has 108 valence electrons. The monoisotopic (exact) mass is 275 g/mol. The summed E-state index contributed by atoms with van der Waals surface area (Å²) in [7, 11) is -1.47. The van der Waals surface area contributed by atoms with Gasteiger partial charge in [-0.15, -0.1) is 0 Å². The van der Waals surface area contributed by atoms with E-state index >= 15 is 0 Å². The molecule has 0 spiro atoms. The fourth-order valence-electron chi connectivity index (χ4n) is 1.58. The minimum Gasteiger partial charge on any atom is -0.212 e. The van der Waals surface area contributed by atoms with Crippen LogP contribution in [0.3, 0.4) is 0 Å². The van der Waals surface area contributed by atoms with Gasteiger partial charge in [0.1, 0.15) is 0 Å². The van der Waals surface area contributed by atoms with Gasteiger partial charge in [-0.05, 0) is 17.3 Å². The molecule has 0 saturated carbocycles. The van der Waals surface area contributed by atoms with Crippen LogP contribution in [-0.4, -0.2) is 32.1 Å². The predicted molar refractivity (Wildman–Crippen MR) is 79.1 cm³/mol. The largest absolute Gasteiger partial charge is 0.214 e. The lowest BCUT2D eigenvalue weighted by Crippen LogP contribution is -2.35. The number of hydrogen-bond donors (Lipinski definition) is 0. The highest BCUT2D eigenvalue weighted by atomic mass is 32.2. The van der Waals surface area contributed by atoms with E-state index in [0.717, 1.165) is 0 Å². The highest BCUT2D eigenvalue weighted by Gasteiger charge is 2.22. The van der Waals surface area contributed by atoms with Gasteiger partial charge in [-0.25, -0.2) is 12.7 Å². The van der Waals surface area contributed by atoms with Crippen molar-refractivity contribution in [2.45, 2.75) is 48.0 Å². The van der Waals surface area contributed by atoms with E-state index in [1.165, 1.54) is 4.31 Å². The van der Waals surface area contributed by atoms with Crippen molar-refractivity contribution in [3.8, 4) is 0 Å². The Morgan fingerprint density at radius 2 is 1.56 bits per heavy atom. The molecule has 0 aliphatic carbocycles. The van der Waals surface area contributed by atoms with E-state index in [9.17, 15) is 8.42 Å². The lowest BCUT2D eigenvalue weighted by Gasteiger charge is -2.25. The first-order chi connectivity index (χ1) is 7.83. The summed E-state index contributed by atoms with van der Waals surface area (Å²) >= 11 is 0. The number of hydrogen-bond acceptors (Lipinski definition) is 2. The number of nitrogens with zero attached hydrogens (tertiary/aromatic N) is 1. The van der Waals surface area contributed by atoms with Gasteiger partial charge in [0.15, 0.2) is 0 Å². The van der Waals surface area contributed by atoms with Crippen LogP contribution in [0.5, 0.6) is 0 Å². The summed E-state index contributed by atoms with van der Waals surface area (Å²) in [6.45, 7) is 13.0. The molecule has 4 heteroatoms. The Labute approximate surface area is 113 Å². The van der Waals surface area contributed by atoms with E-state index in [1.54, 1.807) is 7.05 Å². The van der Waals surface area contributed by atoms with Crippen LogP contribution in [0.15, 0.2) is 12.2 Å². The molecule has 0 bridgehead atoms. The molecular weight excluding hydrogens is 246 g/mol. The molecule has 0 radical (unpaired) electrons. The molecule has 0 rings (SSSR count). The minimum absolute atomic E-state index is 0.0108. The van der Waals surface area contributed by atoms with E-state index in [-0.39, 0.29) is 16.6 Å². The van der Waals surface area contributed by atoms with Crippen LogP contribution in [0.25, 0.3) is 0 Å². The van der Waals surface area contributed by atoms with E-state index in [2.05, 4.69) is 26.8 Å². The SMILES string of the molecule is CN(CC(C)(C)C)S(=O)(=O)CC/C=C/C(C)(C)C. The predicted octanol–water partition coefficient (Wildman–Crippen LogP) is 3.29. The minimum atomic E-state index is -3.13. The zero-order valence-corrected chi connectivity index (χ0v) is 13.8. The van der Waals surface area contributed by atoms with E-state index in [1.807, 2.05) is 26.8 Å². The summed E-state index contributed by atoms with van der Waals surface area (Å²) in [5.41, 5.74) is 0.101. The molecule has 0 aromatic heterocycles. The molecule has 0 aliphatic heterocycles. The fourth-order valence-corrected chi connectivity index (χ4v) is 2.91. The van der Waals surface area contributed by atoms with Crippen molar-refractivity contribution in [1.29, 1.82) is 0 Å². The highest BCUT2D eigenvalue weighted by Crippen LogP contribution is 2.17. The topological polar surface area (TPSA) is 37.4 Å². The van der Waals surface area contributed by atoms with Crippen LogP contribution >= 0.6 is 0 Å². The maximum Gasteiger partial charge on any atom is 0.214 e. The quantitative estimate of drug-likeness (QED) is 0.722. The number of sulfonamides is 1. The Bertz CT molecular complexity index is 370. The highest BCUT2D eigenvalue weighted by molar-refractivity contribution is 7.89. The fraction of sp³-hybridized carbons (Fsp3) is 0.857. The maximum atomic E-state index is 12.0. The number of allylic oxidation sites excluding steroid dienone is 2. The molecule has 0 saturated heterocycles. The molecule has 0 amide bonds. The molecule has 0 aliphatic rings. The van der Waals surface area contributed by atoms with Crippen molar-refractivity contribution in [2.24, 2.45) is 10.8 Å². The van der Waals surface area contributed by atoms with Crippen LogP contribution in [0, 0.1) is 10.8 Å². The summed E-state index contributed by atoms with van der Waals surface area (Å²) in [4.78, 5) is 0. The van der Waals surface area contributed by atoms with Crippen molar-refractivity contribution in [3.05, 3.63) is 12.2 Å². The third-order valence-corrected chi connectivity index (χ3v) is 4.16. The summed E-state index contributed by atoms with van der Waals surface area (Å²) in [6, 6.07) is 0. The van der Waals surface area contributed by atoms with E-state index < -0.39 is 10.0 Å². The zero-order valence-electron chi connectivity index (χ0n) is 12.9. The van der Waals surface area contributed by atoms with Crippen molar-refractivity contribution in [3.63, 3.8) is 0 Å². The second-order valence-corrected chi connectivity index (χ2v) is 9.39. The van der Waals surface area contributed by atoms with Crippen molar-refractivity contribution >= 4 is 10.0 Å². The molecule has 0 atom stereocenters. The van der Waals surface area contributed by atoms with Gasteiger partial charge in [0.05, 0.1) is 5.75 Å². The summed E-state index contributed by atoms with van der Waals surface area (Å²) in [6.07, 6.45) is 4.60. The molecule has 0 unspecified atom stereocenters. The lowest BCUT2D eigenvalue weighted by atomic mass is 9.96. The van der Waals surface area contributed by atoms with Crippen LogP contribution in [0.1, 0.15) is 48.0 Å². The molecule has 0 heterocycles. The molecule has 0 fully saturated rings. The average Bonchev–Trinajstić information content (AvgIpc) is 2.08. The second kappa shape index (κ2) is 6.20. The van der Waals surface area contributed by atoms with Crippen molar-refractivity contribution < 1.29 is 8.42 Å². The molecule has 3 nitrogen and oxygen atoms in total. The second-order valence-electron chi connectivity index (χ2n) is 7.19. The summed E-state index contributed by atoms with van der Waals surface area (Å²) in [5, 5.41) is 0. The molecule has 0 aromatic rings. The van der Waals surface area contributed by atoms with Crippen LogP contribution in [0.2, 0.25) is 0 Å². The van der Waals surface area contributed by atoms with Gasteiger partial charge in [0.25, 0.3) is 0 Å². The van der Waals surface area contributed by atoms with Gasteiger partial charge in [-0.3, -0.25) is 0 Å². The Kier molecular flexibility index (Phi) is 6.08. The van der Waals surface area contributed by atoms with Gasteiger partial charge < -0.3 is 0 Å². The first kappa shape index (κ1) is 17.6. The van der Waals surface area contributed by atoms with Crippen LogP contribution < -0.4 is 0 Å². The molecular formula is C14H29NO2S. The number of rotatable bonds is 5. The normalized spacial score (nSPS) is 14.7. The first-order valence-electron chi connectivity index (χ1n) is 6.45. The lowest BCUT2D eigenvalue weighted by molar-refractivity contribution is 0.311. The van der Waals surface area contributed by atoms with Gasteiger partial charge in [-0.2, -0.15) is 0 Å². The van der Waals surface area contributed by atoms with Gasteiger partial charge >= 0.3 is 0 Å². The van der Waals surface area contributed by atoms with Crippen molar-refractivity contribution in [2.75, 3.05) is 19.3 Å². The molecule has 0 N–H and O–H groups in total. The van der Waals surface area contributed by atoms with Crippen LogP contribution in [-0.2, 0) is 10.0 Å². The standard InChI is InChI=1S/C14H29NO2S/c1-13(2,3)10-8-9-11-18(16,17)15(7)12-14(4,5)6/h8,10H,9,11-12H2,1-7H3/b10-8+. The third kappa shape index (κ3) is 8.70. The van der Waals surface area contributed by atoms with E-state index in [4.69, 9.17) is 0 Å². The zero-order chi connectivity index (χ0) is 14.6. The average molecular weight is 275 g/mol. The maximum absolute atomic E-state index is 12.0. The Morgan fingerprint density at radius 1 is 1.06 bits per heavy atom. The van der Waals surface area contributed by atoms with Gasteiger partial charge in [0, 0.05) is 13.6 Å². The van der Waals surface area contributed by atoms with Gasteiger partial charge in [-0.1, -0.05) is 53.7 Å². The Morgan fingerprint density at radius 3 is 1.94 bits per heavy atom. The summed E-state index contributed by atoms with van der Waals surface area (Å²) in [5.74, 6) is 0.187. The molecule has 0 aromatic carbocycles. The first-order valence-corrected chi connectivity index (χ1v) is 8.06. The summed E-state index contributed by atoms with van der Waals surface area (Å²) < 4.78 is 25.5.